The molecular formula is C9H18NO2+. The first-order valence-electron chi connectivity index (χ1n) is 4.70. The number of unbranched alkanes of at least 4 members (excludes halogenated alkanes) is 1. The molecule has 1 aliphatic heterocycles. The Morgan fingerprint density at radius 3 is 2.83 bits per heavy atom. The first kappa shape index (κ1) is 9.52. The maximum absolute atomic E-state index is 5.36. The van der Waals surface area contributed by atoms with E-state index in [2.05, 4.69) is 11.5 Å². The standard InChI is InChI=1S/C9H18NO2/c1-2-3-6-12-9-10-4-7-11-8-5-10/h9H,2-8H2,1H3/q+1. The fraction of sp³-hybridized carbons (Fsp3) is 0.889. The molecule has 1 fully saturated rings. The minimum atomic E-state index is 0.827. The van der Waals surface area contributed by atoms with Crippen LogP contribution in [0.3, 0.4) is 0 Å². The molecule has 70 valence electrons. The van der Waals surface area contributed by atoms with Crippen LogP contribution < -0.4 is 0 Å². The SMILES string of the molecule is CCCCOC=[N+]1CCOCC1. The van der Waals surface area contributed by atoms with Crippen LogP contribution in [0.15, 0.2) is 0 Å². The molecule has 0 saturated carbocycles. The van der Waals surface area contributed by atoms with Crippen LogP contribution in [0.25, 0.3) is 0 Å². The Bertz CT molecular complexity index is 137. The summed E-state index contributed by atoms with van der Waals surface area (Å²) in [6.45, 7) is 6.59. The molecular weight excluding hydrogens is 154 g/mol. The first-order valence-corrected chi connectivity index (χ1v) is 4.70. The number of ether oxygens (including phenoxy) is 2. The van der Waals surface area contributed by atoms with Gasteiger partial charge in [-0.3, -0.25) is 0 Å². The van der Waals surface area contributed by atoms with Gasteiger partial charge in [-0.2, -0.15) is 0 Å². The molecule has 0 aliphatic carbocycles. The van der Waals surface area contributed by atoms with Crippen molar-refractivity contribution in [2.24, 2.45) is 0 Å². The number of hydrogen-bond acceptors (Lipinski definition) is 2. The van der Waals surface area contributed by atoms with Gasteiger partial charge in [0.15, 0.2) is 13.1 Å². The fourth-order valence-electron chi connectivity index (χ4n) is 1.07. The Morgan fingerprint density at radius 2 is 2.17 bits per heavy atom. The van der Waals surface area contributed by atoms with Gasteiger partial charge in [0.25, 0.3) is 0 Å². The smallest absolute Gasteiger partial charge is 0.323 e. The van der Waals surface area contributed by atoms with E-state index in [1.165, 1.54) is 6.42 Å². The van der Waals surface area contributed by atoms with Crippen molar-refractivity contribution < 1.29 is 14.0 Å². The third-order valence-electron chi connectivity index (χ3n) is 1.89. The molecule has 0 atom stereocenters. The van der Waals surface area contributed by atoms with E-state index in [9.17, 15) is 0 Å². The van der Waals surface area contributed by atoms with Crippen molar-refractivity contribution in [1.29, 1.82) is 0 Å². The largest absolute Gasteiger partial charge is 0.450 e. The average Bonchev–Trinajstić information content (AvgIpc) is 2.14. The van der Waals surface area contributed by atoms with E-state index in [-0.39, 0.29) is 0 Å². The number of nitrogens with zero attached hydrogens (tertiary/aromatic N) is 1. The van der Waals surface area contributed by atoms with Gasteiger partial charge in [-0.15, -0.1) is 0 Å². The van der Waals surface area contributed by atoms with Crippen LogP contribution in [0.4, 0.5) is 0 Å². The maximum Gasteiger partial charge on any atom is 0.323 e. The maximum atomic E-state index is 5.36. The normalized spacial score (nSPS) is 17.6. The van der Waals surface area contributed by atoms with Crippen molar-refractivity contribution in [2.75, 3.05) is 32.9 Å². The van der Waals surface area contributed by atoms with E-state index in [1.807, 2.05) is 6.40 Å². The van der Waals surface area contributed by atoms with Crippen molar-refractivity contribution in [3.8, 4) is 0 Å². The van der Waals surface area contributed by atoms with E-state index >= 15 is 0 Å². The van der Waals surface area contributed by atoms with Crippen molar-refractivity contribution in [3.63, 3.8) is 0 Å². The van der Waals surface area contributed by atoms with Gasteiger partial charge >= 0.3 is 6.40 Å². The zero-order valence-corrected chi connectivity index (χ0v) is 7.79. The van der Waals surface area contributed by atoms with E-state index in [0.717, 1.165) is 39.3 Å². The monoisotopic (exact) mass is 172 g/mol. The topological polar surface area (TPSA) is 21.5 Å². The summed E-state index contributed by atoms with van der Waals surface area (Å²) in [4.78, 5) is 0. The van der Waals surface area contributed by atoms with Crippen LogP contribution in [-0.2, 0) is 9.47 Å². The van der Waals surface area contributed by atoms with Gasteiger partial charge in [-0.25, -0.2) is 4.58 Å². The van der Waals surface area contributed by atoms with Gasteiger partial charge in [0.2, 0.25) is 0 Å². The lowest BCUT2D eigenvalue weighted by molar-refractivity contribution is -0.551. The van der Waals surface area contributed by atoms with Gasteiger partial charge in [0.05, 0.1) is 6.61 Å². The van der Waals surface area contributed by atoms with Crippen LogP contribution in [-0.4, -0.2) is 43.9 Å². The van der Waals surface area contributed by atoms with Crippen molar-refractivity contribution in [2.45, 2.75) is 19.8 Å². The lowest BCUT2D eigenvalue weighted by Gasteiger charge is -2.09. The molecule has 0 unspecified atom stereocenters. The van der Waals surface area contributed by atoms with Gasteiger partial charge in [0.1, 0.15) is 13.2 Å². The molecule has 0 spiro atoms. The van der Waals surface area contributed by atoms with Gasteiger partial charge < -0.3 is 9.47 Å². The molecule has 0 N–H and O–H groups in total. The molecule has 1 heterocycles. The van der Waals surface area contributed by atoms with Crippen LogP contribution in [0.1, 0.15) is 19.8 Å². The predicted octanol–water partition coefficient (Wildman–Crippen LogP) is 0.874. The molecule has 1 saturated heterocycles. The van der Waals surface area contributed by atoms with Crippen molar-refractivity contribution in [3.05, 3.63) is 0 Å². The molecule has 3 heteroatoms. The van der Waals surface area contributed by atoms with Crippen LogP contribution in [0, 0.1) is 0 Å². The average molecular weight is 172 g/mol. The van der Waals surface area contributed by atoms with Crippen LogP contribution >= 0.6 is 0 Å². The Hall–Kier alpha value is -0.570. The Kier molecular flexibility index (Phi) is 4.76. The summed E-state index contributed by atoms with van der Waals surface area (Å²) < 4.78 is 12.7. The zero-order chi connectivity index (χ0) is 8.65. The van der Waals surface area contributed by atoms with E-state index in [1.54, 1.807) is 0 Å². The lowest BCUT2D eigenvalue weighted by atomic mass is 10.4. The molecule has 0 aromatic carbocycles. The minimum absolute atomic E-state index is 0.827. The second kappa shape index (κ2) is 6.00. The highest BCUT2D eigenvalue weighted by molar-refractivity contribution is 5.39. The minimum Gasteiger partial charge on any atom is -0.450 e. The van der Waals surface area contributed by atoms with Gasteiger partial charge in [0, 0.05) is 0 Å². The summed E-state index contributed by atoms with van der Waals surface area (Å²) >= 11 is 0. The highest BCUT2D eigenvalue weighted by Gasteiger charge is 2.10. The van der Waals surface area contributed by atoms with Gasteiger partial charge in [-0.05, 0) is 6.42 Å². The lowest BCUT2D eigenvalue weighted by Crippen LogP contribution is -2.29. The third-order valence-corrected chi connectivity index (χ3v) is 1.89. The molecule has 0 amide bonds. The predicted molar refractivity (Wildman–Crippen MR) is 47.7 cm³/mol. The molecule has 0 bridgehead atoms. The number of hydrogen-bond donors (Lipinski definition) is 0. The molecule has 12 heavy (non-hydrogen) atoms. The summed E-state index contributed by atoms with van der Waals surface area (Å²) in [5.41, 5.74) is 0. The Morgan fingerprint density at radius 1 is 1.42 bits per heavy atom. The zero-order valence-electron chi connectivity index (χ0n) is 7.79. The van der Waals surface area contributed by atoms with E-state index < -0.39 is 0 Å². The second-order valence-electron chi connectivity index (χ2n) is 2.98. The Balaban J connectivity index is 2.08. The van der Waals surface area contributed by atoms with E-state index in [4.69, 9.17) is 9.47 Å². The van der Waals surface area contributed by atoms with Crippen LogP contribution in [0.5, 0.6) is 0 Å². The molecule has 1 aliphatic rings. The summed E-state index contributed by atoms with van der Waals surface area (Å²) in [7, 11) is 0. The molecule has 3 nitrogen and oxygen atoms in total. The summed E-state index contributed by atoms with van der Waals surface area (Å²) in [5, 5.41) is 0. The number of rotatable bonds is 4. The highest BCUT2D eigenvalue weighted by atomic mass is 16.5. The first-order chi connectivity index (χ1) is 5.93. The quantitative estimate of drug-likeness (QED) is 0.356. The van der Waals surface area contributed by atoms with E-state index in [0.29, 0.717) is 0 Å². The summed E-state index contributed by atoms with van der Waals surface area (Å²) in [5.74, 6) is 0. The molecule has 0 aromatic heterocycles. The molecule has 0 aromatic rings. The van der Waals surface area contributed by atoms with Crippen LogP contribution in [0.2, 0.25) is 0 Å². The second-order valence-corrected chi connectivity index (χ2v) is 2.98. The summed E-state index contributed by atoms with van der Waals surface area (Å²) in [6.07, 6.45) is 4.18. The number of morpholine rings is 1. The van der Waals surface area contributed by atoms with Gasteiger partial charge in [-0.1, -0.05) is 13.3 Å². The molecule has 1 rings (SSSR count). The van der Waals surface area contributed by atoms with Crippen molar-refractivity contribution >= 4 is 6.40 Å². The molecule has 0 radical (unpaired) electrons. The highest BCUT2D eigenvalue weighted by Crippen LogP contribution is 1.89. The fourth-order valence-corrected chi connectivity index (χ4v) is 1.07. The Labute approximate surface area is 74.0 Å². The third kappa shape index (κ3) is 3.72. The summed E-state index contributed by atoms with van der Waals surface area (Å²) in [6, 6.07) is 0. The van der Waals surface area contributed by atoms with Crippen molar-refractivity contribution in [1.82, 2.24) is 0 Å².